The second-order valence-corrected chi connectivity index (χ2v) is 5.59. The molecule has 0 aromatic heterocycles. The zero-order valence-electron chi connectivity index (χ0n) is 11.0. The Morgan fingerprint density at radius 3 is 2.74 bits per heavy atom. The molecule has 0 radical (unpaired) electrons. The SMILES string of the molecule is Clc1ccc(Cl)c(OCCCC[NH+]2CCOCC2)c1. The standard InChI is InChI=1S/C14H19Cl2NO2/c15-12-3-4-13(16)14(11-12)19-8-2-1-5-17-6-9-18-10-7-17/h3-4,11H,1-2,5-10H2/p+1. The summed E-state index contributed by atoms with van der Waals surface area (Å²) < 4.78 is 11.0. The Bertz CT molecular complexity index is 395. The number of hydrogen-bond acceptors (Lipinski definition) is 2. The number of nitrogens with one attached hydrogen (secondary N) is 1. The van der Waals surface area contributed by atoms with E-state index in [9.17, 15) is 0 Å². The van der Waals surface area contributed by atoms with Crippen LogP contribution in [0.5, 0.6) is 5.75 Å². The third-order valence-electron chi connectivity index (χ3n) is 3.28. The Morgan fingerprint density at radius 2 is 1.95 bits per heavy atom. The van der Waals surface area contributed by atoms with Crippen molar-refractivity contribution in [1.29, 1.82) is 0 Å². The van der Waals surface area contributed by atoms with Crippen LogP contribution in [0.15, 0.2) is 18.2 Å². The van der Waals surface area contributed by atoms with E-state index in [1.807, 2.05) is 0 Å². The molecule has 0 spiro atoms. The lowest BCUT2D eigenvalue weighted by molar-refractivity contribution is -0.908. The van der Waals surface area contributed by atoms with E-state index >= 15 is 0 Å². The largest absolute Gasteiger partial charge is 0.492 e. The maximum Gasteiger partial charge on any atom is 0.139 e. The van der Waals surface area contributed by atoms with Crippen LogP contribution in [0.2, 0.25) is 10.0 Å². The average Bonchev–Trinajstić information content (AvgIpc) is 2.43. The molecule has 0 aliphatic carbocycles. The topological polar surface area (TPSA) is 22.9 Å². The van der Waals surface area contributed by atoms with E-state index in [-0.39, 0.29) is 0 Å². The van der Waals surface area contributed by atoms with E-state index in [0.717, 1.165) is 39.1 Å². The second kappa shape index (κ2) is 7.95. The summed E-state index contributed by atoms with van der Waals surface area (Å²) in [6.45, 7) is 5.91. The van der Waals surface area contributed by atoms with Crippen molar-refractivity contribution in [3.63, 3.8) is 0 Å². The number of unbranched alkanes of at least 4 members (excludes halogenated alkanes) is 1. The molecular weight excluding hydrogens is 285 g/mol. The van der Waals surface area contributed by atoms with Gasteiger partial charge < -0.3 is 14.4 Å². The van der Waals surface area contributed by atoms with Gasteiger partial charge in [0.2, 0.25) is 0 Å². The first-order valence-electron chi connectivity index (χ1n) is 6.75. The molecule has 0 atom stereocenters. The van der Waals surface area contributed by atoms with Gasteiger partial charge in [-0.1, -0.05) is 23.2 Å². The Morgan fingerprint density at radius 1 is 1.16 bits per heavy atom. The minimum absolute atomic E-state index is 0.614. The molecule has 0 saturated carbocycles. The quantitative estimate of drug-likeness (QED) is 0.813. The van der Waals surface area contributed by atoms with Crippen molar-refractivity contribution in [2.45, 2.75) is 12.8 Å². The Kier molecular flexibility index (Phi) is 6.24. The van der Waals surface area contributed by atoms with Gasteiger partial charge in [-0.3, -0.25) is 0 Å². The minimum Gasteiger partial charge on any atom is -0.492 e. The third-order valence-corrected chi connectivity index (χ3v) is 3.82. The normalized spacial score (nSPS) is 16.5. The summed E-state index contributed by atoms with van der Waals surface area (Å²) >= 11 is 11.9. The van der Waals surface area contributed by atoms with Crippen LogP contribution in [0.3, 0.4) is 0 Å². The number of hydrogen-bond donors (Lipinski definition) is 1. The van der Waals surface area contributed by atoms with Crippen LogP contribution in [0.1, 0.15) is 12.8 Å². The highest BCUT2D eigenvalue weighted by Gasteiger charge is 2.12. The summed E-state index contributed by atoms with van der Waals surface area (Å²) in [5.41, 5.74) is 0. The molecule has 5 heteroatoms. The molecule has 106 valence electrons. The van der Waals surface area contributed by atoms with Gasteiger partial charge in [0.25, 0.3) is 0 Å². The Hall–Kier alpha value is -0.480. The van der Waals surface area contributed by atoms with Gasteiger partial charge in [-0.05, 0) is 25.0 Å². The number of morpholine rings is 1. The maximum absolute atomic E-state index is 6.03. The van der Waals surface area contributed by atoms with Crippen LogP contribution >= 0.6 is 23.2 Å². The average molecular weight is 305 g/mol. The number of quaternary nitrogens is 1. The van der Waals surface area contributed by atoms with Crippen molar-refractivity contribution in [3.05, 3.63) is 28.2 Å². The van der Waals surface area contributed by atoms with Crippen molar-refractivity contribution in [2.75, 3.05) is 39.5 Å². The summed E-state index contributed by atoms with van der Waals surface area (Å²) in [5.74, 6) is 0.674. The lowest BCUT2D eigenvalue weighted by atomic mass is 10.3. The van der Waals surface area contributed by atoms with Crippen molar-refractivity contribution >= 4 is 23.2 Å². The first-order valence-corrected chi connectivity index (χ1v) is 7.50. The molecule has 0 unspecified atom stereocenters. The van der Waals surface area contributed by atoms with Gasteiger partial charge in [0.05, 0.1) is 31.4 Å². The fraction of sp³-hybridized carbons (Fsp3) is 0.571. The van der Waals surface area contributed by atoms with Gasteiger partial charge in [0, 0.05) is 11.1 Å². The molecule has 1 aromatic carbocycles. The zero-order chi connectivity index (χ0) is 13.5. The van der Waals surface area contributed by atoms with Gasteiger partial charge in [-0.2, -0.15) is 0 Å². The lowest BCUT2D eigenvalue weighted by Crippen LogP contribution is -3.14. The van der Waals surface area contributed by atoms with Crippen LogP contribution in [-0.4, -0.2) is 39.5 Å². The molecule has 1 heterocycles. The van der Waals surface area contributed by atoms with E-state index in [1.54, 1.807) is 23.1 Å². The van der Waals surface area contributed by atoms with Crippen LogP contribution in [-0.2, 0) is 4.74 Å². The fourth-order valence-corrected chi connectivity index (χ4v) is 2.49. The molecule has 1 fully saturated rings. The molecule has 0 bridgehead atoms. The monoisotopic (exact) mass is 304 g/mol. The Balaban J connectivity index is 1.62. The van der Waals surface area contributed by atoms with E-state index in [1.165, 1.54) is 6.54 Å². The number of halogens is 2. The highest BCUT2D eigenvalue weighted by atomic mass is 35.5. The molecular formula is C14H20Cl2NO2+. The summed E-state index contributed by atoms with van der Waals surface area (Å²) in [5, 5.41) is 1.26. The minimum atomic E-state index is 0.614. The van der Waals surface area contributed by atoms with Gasteiger partial charge in [-0.15, -0.1) is 0 Å². The van der Waals surface area contributed by atoms with Crippen molar-refractivity contribution in [3.8, 4) is 5.75 Å². The van der Waals surface area contributed by atoms with Crippen LogP contribution in [0.4, 0.5) is 0 Å². The smallest absolute Gasteiger partial charge is 0.139 e. The van der Waals surface area contributed by atoms with Crippen molar-refractivity contribution < 1.29 is 14.4 Å². The summed E-state index contributed by atoms with van der Waals surface area (Å²) in [6.07, 6.45) is 2.20. The molecule has 1 N–H and O–H groups in total. The lowest BCUT2D eigenvalue weighted by Gasteiger charge is -2.23. The predicted molar refractivity (Wildman–Crippen MR) is 77.6 cm³/mol. The van der Waals surface area contributed by atoms with Crippen LogP contribution in [0, 0.1) is 0 Å². The fourth-order valence-electron chi connectivity index (χ4n) is 2.16. The van der Waals surface area contributed by atoms with E-state index in [2.05, 4.69) is 0 Å². The predicted octanol–water partition coefficient (Wildman–Crippen LogP) is 2.07. The van der Waals surface area contributed by atoms with Crippen molar-refractivity contribution in [2.24, 2.45) is 0 Å². The van der Waals surface area contributed by atoms with Crippen LogP contribution in [0.25, 0.3) is 0 Å². The molecule has 1 aliphatic heterocycles. The molecule has 1 aromatic rings. The van der Waals surface area contributed by atoms with Gasteiger partial charge in [-0.25, -0.2) is 0 Å². The van der Waals surface area contributed by atoms with Gasteiger partial charge >= 0.3 is 0 Å². The first-order chi connectivity index (χ1) is 9.25. The van der Waals surface area contributed by atoms with E-state index in [0.29, 0.717) is 22.4 Å². The summed E-state index contributed by atoms with van der Waals surface area (Å²) in [6, 6.07) is 5.28. The molecule has 19 heavy (non-hydrogen) atoms. The molecule has 3 nitrogen and oxygen atoms in total. The molecule has 2 rings (SSSR count). The van der Waals surface area contributed by atoms with Gasteiger partial charge in [0.1, 0.15) is 18.8 Å². The highest BCUT2D eigenvalue weighted by molar-refractivity contribution is 6.34. The summed E-state index contributed by atoms with van der Waals surface area (Å²) in [4.78, 5) is 1.63. The third kappa shape index (κ3) is 5.19. The highest BCUT2D eigenvalue weighted by Crippen LogP contribution is 2.27. The van der Waals surface area contributed by atoms with Crippen LogP contribution < -0.4 is 9.64 Å². The zero-order valence-corrected chi connectivity index (χ0v) is 12.5. The maximum atomic E-state index is 6.03. The molecule has 0 amide bonds. The molecule has 1 aliphatic rings. The molecule has 1 saturated heterocycles. The number of ether oxygens (including phenoxy) is 2. The Labute approximate surface area is 124 Å². The first kappa shape index (κ1) is 14.9. The van der Waals surface area contributed by atoms with Crippen molar-refractivity contribution in [1.82, 2.24) is 0 Å². The summed E-state index contributed by atoms with van der Waals surface area (Å²) in [7, 11) is 0. The van der Waals surface area contributed by atoms with E-state index < -0.39 is 0 Å². The second-order valence-electron chi connectivity index (χ2n) is 4.74. The number of rotatable bonds is 6. The van der Waals surface area contributed by atoms with E-state index in [4.69, 9.17) is 32.7 Å². The van der Waals surface area contributed by atoms with Gasteiger partial charge in [0.15, 0.2) is 0 Å². The number of benzene rings is 1.